The fourth-order valence-corrected chi connectivity index (χ4v) is 3.21. The third-order valence-corrected chi connectivity index (χ3v) is 4.33. The molecular formula is C21H22N2O4. The van der Waals surface area contributed by atoms with E-state index in [0.717, 1.165) is 17.5 Å². The van der Waals surface area contributed by atoms with E-state index in [9.17, 15) is 14.4 Å². The molecule has 1 saturated heterocycles. The summed E-state index contributed by atoms with van der Waals surface area (Å²) < 4.78 is 5.13. The summed E-state index contributed by atoms with van der Waals surface area (Å²) in [4.78, 5) is 38.1. The number of carbonyl (C=O) groups excluding carboxylic acids is 3. The Labute approximate surface area is 158 Å². The fraction of sp³-hybridized carbons (Fsp3) is 0.286. The second-order valence-corrected chi connectivity index (χ2v) is 6.67. The molecule has 0 aliphatic carbocycles. The quantitative estimate of drug-likeness (QED) is 0.825. The van der Waals surface area contributed by atoms with Crippen LogP contribution in [0.5, 0.6) is 0 Å². The van der Waals surface area contributed by atoms with Gasteiger partial charge in [0.1, 0.15) is 0 Å². The van der Waals surface area contributed by atoms with Crippen molar-refractivity contribution in [1.82, 2.24) is 0 Å². The molecule has 6 nitrogen and oxygen atoms in total. The predicted molar refractivity (Wildman–Crippen MR) is 103 cm³/mol. The van der Waals surface area contributed by atoms with Crippen LogP contribution in [0.2, 0.25) is 0 Å². The van der Waals surface area contributed by atoms with Gasteiger partial charge in [0.05, 0.1) is 16.9 Å². The number of carbonyl (C=O) groups is 3. The summed E-state index contributed by atoms with van der Waals surface area (Å²) in [6.45, 7) is 4.03. The predicted octanol–water partition coefficient (Wildman–Crippen LogP) is 3.23. The summed E-state index contributed by atoms with van der Waals surface area (Å²) in [5.74, 6) is -0.954. The van der Waals surface area contributed by atoms with Gasteiger partial charge in [0.2, 0.25) is 5.91 Å². The molecule has 0 saturated carbocycles. The van der Waals surface area contributed by atoms with Crippen molar-refractivity contribution in [2.24, 2.45) is 0 Å². The molecule has 27 heavy (non-hydrogen) atoms. The second-order valence-electron chi connectivity index (χ2n) is 6.67. The summed E-state index contributed by atoms with van der Waals surface area (Å²) in [5, 5.41) is 2.73. The summed E-state index contributed by atoms with van der Waals surface area (Å²) in [6.07, 6.45) is 1.31. The first-order valence-electron chi connectivity index (χ1n) is 8.89. The topological polar surface area (TPSA) is 75.7 Å². The van der Waals surface area contributed by atoms with E-state index in [1.54, 1.807) is 35.2 Å². The van der Waals surface area contributed by atoms with E-state index in [1.165, 1.54) is 0 Å². The molecule has 1 aliphatic rings. The molecule has 2 aromatic rings. The smallest absolute Gasteiger partial charge is 0.338 e. The fourth-order valence-electron chi connectivity index (χ4n) is 3.21. The van der Waals surface area contributed by atoms with Gasteiger partial charge in [0, 0.05) is 13.0 Å². The maximum Gasteiger partial charge on any atom is 0.338 e. The van der Waals surface area contributed by atoms with E-state index in [2.05, 4.69) is 5.32 Å². The van der Waals surface area contributed by atoms with Gasteiger partial charge in [-0.1, -0.05) is 29.3 Å². The molecule has 1 N–H and O–H groups in total. The lowest BCUT2D eigenvalue weighted by Gasteiger charge is -2.19. The second kappa shape index (κ2) is 8.03. The Balaban J connectivity index is 1.63. The average Bonchev–Trinajstić information content (AvgIpc) is 3.05. The lowest BCUT2D eigenvalue weighted by atomic mass is 10.1. The van der Waals surface area contributed by atoms with Crippen LogP contribution >= 0.6 is 0 Å². The molecule has 0 unspecified atom stereocenters. The number of amides is 2. The molecule has 0 aromatic heterocycles. The highest BCUT2D eigenvalue weighted by Crippen LogP contribution is 2.29. The number of nitrogens with zero attached hydrogens (tertiary/aromatic N) is 1. The molecular weight excluding hydrogens is 344 g/mol. The van der Waals surface area contributed by atoms with E-state index in [1.807, 2.05) is 26.0 Å². The minimum Gasteiger partial charge on any atom is -0.452 e. The van der Waals surface area contributed by atoms with Crippen LogP contribution in [-0.4, -0.2) is 30.9 Å². The zero-order valence-electron chi connectivity index (χ0n) is 15.5. The maximum atomic E-state index is 12.2. The van der Waals surface area contributed by atoms with Gasteiger partial charge in [-0.2, -0.15) is 0 Å². The number of hydrogen-bond donors (Lipinski definition) is 1. The first-order valence-corrected chi connectivity index (χ1v) is 8.89. The Kier molecular flexibility index (Phi) is 5.54. The van der Waals surface area contributed by atoms with Crippen LogP contribution in [0, 0.1) is 13.8 Å². The standard InChI is InChI=1S/C21H22N2O4/c1-14-10-15(2)12-16(11-14)21(26)27-13-19(24)22-17-6-3-4-7-18(17)23-9-5-8-20(23)25/h3-4,6-7,10-12H,5,8-9,13H2,1-2H3,(H,22,24). The van der Waals surface area contributed by atoms with Crippen LogP contribution < -0.4 is 10.2 Å². The number of esters is 1. The van der Waals surface area contributed by atoms with Crippen LogP contribution in [0.3, 0.4) is 0 Å². The maximum absolute atomic E-state index is 12.2. The van der Waals surface area contributed by atoms with Crippen LogP contribution in [0.25, 0.3) is 0 Å². The molecule has 1 fully saturated rings. The van der Waals surface area contributed by atoms with E-state index in [0.29, 0.717) is 29.9 Å². The molecule has 2 amide bonds. The Morgan fingerprint density at radius 1 is 1.11 bits per heavy atom. The van der Waals surface area contributed by atoms with Crippen molar-refractivity contribution in [3.05, 3.63) is 59.2 Å². The van der Waals surface area contributed by atoms with Gasteiger partial charge in [-0.25, -0.2) is 4.79 Å². The molecule has 0 atom stereocenters. The van der Waals surface area contributed by atoms with Crippen LogP contribution in [0.1, 0.15) is 34.3 Å². The Hall–Kier alpha value is -3.15. The van der Waals surface area contributed by atoms with E-state index in [4.69, 9.17) is 4.74 Å². The van der Waals surface area contributed by atoms with Gasteiger partial charge in [-0.05, 0) is 44.5 Å². The van der Waals surface area contributed by atoms with Crippen molar-refractivity contribution in [3.8, 4) is 0 Å². The average molecular weight is 366 g/mol. The van der Waals surface area contributed by atoms with Gasteiger partial charge in [-0.15, -0.1) is 0 Å². The molecule has 0 radical (unpaired) electrons. The van der Waals surface area contributed by atoms with Crippen LogP contribution in [0.15, 0.2) is 42.5 Å². The normalized spacial score (nSPS) is 13.6. The number of hydrogen-bond acceptors (Lipinski definition) is 4. The zero-order chi connectivity index (χ0) is 19.4. The molecule has 6 heteroatoms. The molecule has 2 aromatic carbocycles. The number of aryl methyl sites for hydroxylation is 2. The summed E-state index contributed by atoms with van der Waals surface area (Å²) in [7, 11) is 0. The third kappa shape index (κ3) is 4.53. The zero-order valence-corrected chi connectivity index (χ0v) is 15.5. The van der Waals surface area contributed by atoms with Crippen molar-refractivity contribution in [2.75, 3.05) is 23.4 Å². The van der Waals surface area contributed by atoms with Crippen molar-refractivity contribution in [2.45, 2.75) is 26.7 Å². The van der Waals surface area contributed by atoms with Gasteiger partial charge in [-0.3, -0.25) is 9.59 Å². The number of ether oxygens (including phenoxy) is 1. The summed E-state index contributed by atoms with van der Waals surface area (Å²) in [6, 6.07) is 12.5. The molecule has 140 valence electrons. The summed E-state index contributed by atoms with van der Waals surface area (Å²) in [5.41, 5.74) is 3.52. The minimum atomic E-state index is -0.542. The third-order valence-electron chi connectivity index (χ3n) is 4.33. The Morgan fingerprint density at radius 2 is 1.81 bits per heavy atom. The number of nitrogens with one attached hydrogen (secondary N) is 1. The molecule has 3 rings (SSSR count). The van der Waals surface area contributed by atoms with Gasteiger partial charge >= 0.3 is 5.97 Å². The van der Waals surface area contributed by atoms with Crippen molar-refractivity contribution in [3.63, 3.8) is 0 Å². The summed E-state index contributed by atoms with van der Waals surface area (Å²) >= 11 is 0. The Morgan fingerprint density at radius 3 is 2.48 bits per heavy atom. The molecule has 0 spiro atoms. The molecule has 0 bridgehead atoms. The first-order chi connectivity index (χ1) is 12.9. The largest absolute Gasteiger partial charge is 0.452 e. The van der Waals surface area contributed by atoms with Gasteiger partial charge < -0.3 is 15.0 Å². The van der Waals surface area contributed by atoms with Crippen molar-refractivity contribution in [1.29, 1.82) is 0 Å². The number of rotatable bonds is 5. The van der Waals surface area contributed by atoms with E-state index < -0.39 is 18.5 Å². The minimum absolute atomic E-state index is 0.0398. The van der Waals surface area contributed by atoms with Gasteiger partial charge in [0.15, 0.2) is 6.61 Å². The molecule has 1 heterocycles. The van der Waals surface area contributed by atoms with Crippen molar-refractivity contribution >= 4 is 29.2 Å². The monoisotopic (exact) mass is 366 g/mol. The highest BCUT2D eigenvalue weighted by atomic mass is 16.5. The first kappa shape index (κ1) is 18.6. The number of anilines is 2. The van der Waals surface area contributed by atoms with E-state index >= 15 is 0 Å². The SMILES string of the molecule is Cc1cc(C)cc(C(=O)OCC(=O)Nc2ccccc2N2CCCC2=O)c1. The lowest BCUT2D eigenvalue weighted by molar-refractivity contribution is -0.119. The van der Waals surface area contributed by atoms with Crippen LogP contribution in [-0.2, 0) is 14.3 Å². The van der Waals surface area contributed by atoms with Crippen molar-refractivity contribution < 1.29 is 19.1 Å². The van der Waals surface area contributed by atoms with E-state index in [-0.39, 0.29) is 5.91 Å². The number of benzene rings is 2. The lowest BCUT2D eigenvalue weighted by Crippen LogP contribution is -2.27. The highest BCUT2D eigenvalue weighted by Gasteiger charge is 2.24. The van der Waals surface area contributed by atoms with Crippen LogP contribution in [0.4, 0.5) is 11.4 Å². The number of para-hydroxylation sites is 2. The highest BCUT2D eigenvalue weighted by molar-refractivity contribution is 6.02. The van der Waals surface area contributed by atoms with Gasteiger partial charge in [0.25, 0.3) is 5.91 Å². The molecule has 1 aliphatic heterocycles. The Bertz CT molecular complexity index is 871.